The summed E-state index contributed by atoms with van der Waals surface area (Å²) in [6.07, 6.45) is 0. The highest BCUT2D eigenvalue weighted by Gasteiger charge is 2.12. The van der Waals surface area contributed by atoms with E-state index < -0.39 is 0 Å². The van der Waals surface area contributed by atoms with E-state index in [0.29, 0.717) is 22.4 Å². The van der Waals surface area contributed by atoms with Gasteiger partial charge in [0.05, 0.1) is 0 Å². The first-order valence-electron chi connectivity index (χ1n) is 7.79. The highest BCUT2D eigenvalue weighted by Crippen LogP contribution is 2.25. The number of nitrogens with one attached hydrogen (secondary N) is 2. The normalized spacial score (nSPS) is 10.7. The molecule has 1 heterocycles. The molecule has 3 rings (SSSR count). The molecule has 0 radical (unpaired) electrons. The number of aromatic nitrogens is 2. The summed E-state index contributed by atoms with van der Waals surface area (Å²) in [5.41, 5.74) is 2.13. The molecule has 3 aromatic rings. The first kappa shape index (κ1) is 17.0. The minimum atomic E-state index is -0.264. The summed E-state index contributed by atoms with van der Waals surface area (Å²) < 4.78 is 5.31. The van der Waals surface area contributed by atoms with E-state index in [4.69, 9.17) is 16.1 Å². The molecule has 6 nitrogen and oxygen atoms in total. The number of urea groups is 1. The quantitative estimate of drug-likeness (QED) is 0.716. The molecule has 7 heteroatoms. The van der Waals surface area contributed by atoms with Gasteiger partial charge in [-0.15, -0.1) is 0 Å². The van der Waals surface area contributed by atoms with E-state index >= 15 is 0 Å². The minimum Gasteiger partial charge on any atom is -0.336 e. The van der Waals surface area contributed by atoms with Crippen LogP contribution in [0.4, 0.5) is 10.5 Å². The molecule has 0 spiro atoms. The van der Waals surface area contributed by atoms with Crippen LogP contribution in [0.15, 0.2) is 53.1 Å². The molecule has 0 aliphatic rings. The van der Waals surface area contributed by atoms with Gasteiger partial charge in [0.15, 0.2) is 0 Å². The molecule has 1 aromatic heterocycles. The van der Waals surface area contributed by atoms with Crippen molar-refractivity contribution in [2.75, 3.05) is 5.32 Å². The lowest BCUT2D eigenvalue weighted by atomic mass is 10.2. The van der Waals surface area contributed by atoms with Crippen LogP contribution in [0.2, 0.25) is 5.02 Å². The lowest BCUT2D eigenvalue weighted by Crippen LogP contribution is -2.34. The molecule has 0 saturated heterocycles. The fraction of sp³-hybridized carbons (Fsp3) is 0.167. The predicted octanol–water partition coefficient (Wildman–Crippen LogP) is 4.59. The Bertz CT molecular complexity index is 892. The maximum Gasteiger partial charge on any atom is 0.319 e. The maximum atomic E-state index is 11.8. The second-order valence-corrected chi connectivity index (χ2v) is 6.20. The predicted molar refractivity (Wildman–Crippen MR) is 97.5 cm³/mol. The van der Waals surface area contributed by atoms with Gasteiger partial charge in [-0.25, -0.2) is 4.79 Å². The second kappa shape index (κ2) is 7.36. The van der Waals surface area contributed by atoms with Gasteiger partial charge in [0.2, 0.25) is 5.82 Å². The van der Waals surface area contributed by atoms with Crippen molar-refractivity contribution in [3.63, 3.8) is 0 Å². The Hall–Kier alpha value is -2.86. The molecule has 2 N–H and O–H groups in total. The van der Waals surface area contributed by atoms with Crippen molar-refractivity contribution in [1.29, 1.82) is 0 Å². The first-order chi connectivity index (χ1) is 12.0. The molecule has 0 saturated carbocycles. The van der Waals surface area contributed by atoms with Crippen molar-refractivity contribution in [2.24, 2.45) is 0 Å². The summed E-state index contributed by atoms with van der Waals surface area (Å²) in [4.78, 5) is 16.2. The number of amides is 2. The standard InChI is InChI=1S/C18H17ClN4O2/c1-11(2)20-18(24)21-15-8-4-5-12(10-15)16-22-17(25-23-16)13-6-3-7-14(19)9-13/h3-11H,1-2H3,(H2,20,21,24). The Balaban J connectivity index is 1.81. The summed E-state index contributed by atoms with van der Waals surface area (Å²) in [6.45, 7) is 3.79. The summed E-state index contributed by atoms with van der Waals surface area (Å²) in [5.74, 6) is 0.816. The molecular formula is C18H17ClN4O2. The van der Waals surface area contributed by atoms with E-state index in [0.717, 1.165) is 11.1 Å². The lowest BCUT2D eigenvalue weighted by Gasteiger charge is -2.10. The molecule has 0 fully saturated rings. The zero-order valence-electron chi connectivity index (χ0n) is 13.8. The number of benzene rings is 2. The van der Waals surface area contributed by atoms with Crippen molar-refractivity contribution in [2.45, 2.75) is 19.9 Å². The van der Waals surface area contributed by atoms with E-state index in [1.165, 1.54) is 0 Å². The summed E-state index contributed by atoms with van der Waals surface area (Å²) >= 11 is 5.99. The van der Waals surface area contributed by atoms with Crippen LogP contribution < -0.4 is 10.6 Å². The zero-order chi connectivity index (χ0) is 17.8. The lowest BCUT2D eigenvalue weighted by molar-refractivity contribution is 0.250. The topological polar surface area (TPSA) is 80.0 Å². The monoisotopic (exact) mass is 356 g/mol. The average Bonchev–Trinajstić information content (AvgIpc) is 3.04. The van der Waals surface area contributed by atoms with Gasteiger partial charge in [-0.2, -0.15) is 4.98 Å². The summed E-state index contributed by atoms with van der Waals surface area (Å²) in [6, 6.07) is 14.2. The van der Waals surface area contributed by atoms with E-state index in [-0.39, 0.29) is 12.1 Å². The second-order valence-electron chi connectivity index (χ2n) is 5.77. The van der Waals surface area contributed by atoms with Crippen LogP contribution in [0.1, 0.15) is 13.8 Å². The van der Waals surface area contributed by atoms with Crippen molar-refractivity contribution in [3.8, 4) is 22.8 Å². The van der Waals surface area contributed by atoms with Crippen LogP contribution in [-0.2, 0) is 0 Å². The fourth-order valence-electron chi connectivity index (χ4n) is 2.24. The molecular weight excluding hydrogens is 340 g/mol. The van der Waals surface area contributed by atoms with Crippen LogP contribution in [0, 0.1) is 0 Å². The molecule has 0 aliphatic carbocycles. The van der Waals surface area contributed by atoms with Gasteiger partial charge in [0.25, 0.3) is 5.89 Å². The molecule has 2 amide bonds. The Kier molecular flexibility index (Phi) is 5.00. The number of rotatable bonds is 4. The van der Waals surface area contributed by atoms with Gasteiger partial charge in [-0.05, 0) is 44.2 Å². The van der Waals surface area contributed by atoms with Crippen LogP contribution in [0.3, 0.4) is 0 Å². The Morgan fingerprint density at radius 2 is 1.88 bits per heavy atom. The third kappa shape index (κ3) is 4.36. The largest absolute Gasteiger partial charge is 0.336 e. The molecule has 2 aromatic carbocycles. The molecule has 128 valence electrons. The SMILES string of the molecule is CC(C)NC(=O)Nc1cccc(-c2noc(-c3cccc(Cl)c3)n2)c1. The first-order valence-corrected chi connectivity index (χ1v) is 8.16. The fourth-order valence-corrected chi connectivity index (χ4v) is 2.44. The summed E-state index contributed by atoms with van der Waals surface area (Å²) in [7, 11) is 0. The molecule has 25 heavy (non-hydrogen) atoms. The Labute approximate surface area is 150 Å². The van der Waals surface area contributed by atoms with Gasteiger partial charge >= 0.3 is 6.03 Å². The highest BCUT2D eigenvalue weighted by molar-refractivity contribution is 6.30. The Morgan fingerprint density at radius 1 is 1.12 bits per heavy atom. The van der Waals surface area contributed by atoms with Crippen LogP contribution >= 0.6 is 11.6 Å². The number of nitrogens with zero attached hydrogens (tertiary/aromatic N) is 2. The average molecular weight is 357 g/mol. The van der Waals surface area contributed by atoms with E-state index in [9.17, 15) is 4.79 Å². The van der Waals surface area contributed by atoms with Crippen LogP contribution in [-0.4, -0.2) is 22.2 Å². The van der Waals surface area contributed by atoms with E-state index in [2.05, 4.69) is 20.8 Å². The number of hydrogen-bond donors (Lipinski definition) is 2. The molecule has 0 bridgehead atoms. The van der Waals surface area contributed by atoms with Gasteiger partial charge in [0, 0.05) is 27.9 Å². The van der Waals surface area contributed by atoms with E-state index in [1.807, 2.05) is 38.1 Å². The zero-order valence-corrected chi connectivity index (χ0v) is 14.5. The van der Waals surface area contributed by atoms with Gasteiger partial charge in [-0.3, -0.25) is 0 Å². The third-order valence-corrected chi connectivity index (χ3v) is 3.53. The number of anilines is 1. The van der Waals surface area contributed by atoms with Crippen molar-refractivity contribution < 1.29 is 9.32 Å². The number of hydrogen-bond acceptors (Lipinski definition) is 4. The van der Waals surface area contributed by atoms with Gasteiger partial charge in [-0.1, -0.05) is 35.0 Å². The van der Waals surface area contributed by atoms with Crippen molar-refractivity contribution >= 4 is 23.3 Å². The van der Waals surface area contributed by atoms with Gasteiger partial charge in [0.1, 0.15) is 0 Å². The van der Waals surface area contributed by atoms with E-state index in [1.54, 1.807) is 24.3 Å². The van der Waals surface area contributed by atoms with Crippen LogP contribution in [0.5, 0.6) is 0 Å². The number of carbonyl (C=O) groups excluding carboxylic acids is 1. The minimum absolute atomic E-state index is 0.0562. The smallest absolute Gasteiger partial charge is 0.319 e. The molecule has 0 atom stereocenters. The van der Waals surface area contributed by atoms with Crippen LogP contribution in [0.25, 0.3) is 22.8 Å². The molecule has 0 unspecified atom stereocenters. The maximum absolute atomic E-state index is 11.8. The van der Waals surface area contributed by atoms with Crippen molar-refractivity contribution in [3.05, 3.63) is 53.6 Å². The molecule has 0 aliphatic heterocycles. The van der Waals surface area contributed by atoms with Gasteiger partial charge < -0.3 is 15.2 Å². The Morgan fingerprint density at radius 3 is 2.64 bits per heavy atom. The third-order valence-electron chi connectivity index (χ3n) is 3.30. The summed E-state index contributed by atoms with van der Waals surface area (Å²) in [5, 5.41) is 10.1. The highest BCUT2D eigenvalue weighted by atomic mass is 35.5. The number of halogens is 1. The number of carbonyl (C=O) groups is 1. The van der Waals surface area contributed by atoms with Crippen molar-refractivity contribution in [1.82, 2.24) is 15.5 Å².